The van der Waals surface area contributed by atoms with Gasteiger partial charge in [0.2, 0.25) is 0 Å². The number of hydrogen-bond donors (Lipinski definition) is 0. The fourth-order valence-corrected chi connectivity index (χ4v) is 2.48. The van der Waals surface area contributed by atoms with Crippen molar-refractivity contribution in [2.24, 2.45) is 5.41 Å². The van der Waals surface area contributed by atoms with Crippen LogP contribution < -0.4 is 0 Å². The molecule has 13 heavy (non-hydrogen) atoms. The number of rotatable bonds is 5. The van der Waals surface area contributed by atoms with Crippen LogP contribution in [0.15, 0.2) is 0 Å². The van der Waals surface area contributed by atoms with Crippen molar-refractivity contribution >= 4 is 0 Å². The smallest absolute Gasteiger partial charge is 0.0297 e. The molecule has 0 bridgehead atoms. The summed E-state index contributed by atoms with van der Waals surface area (Å²) in [4.78, 5) is 0. The van der Waals surface area contributed by atoms with Crippen LogP contribution in [-0.4, -0.2) is 0 Å². The van der Waals surface area contributed by atoms with Crippen LogP contribution in [0.3, 0.4) is 0 Å². The molecule has 1 aliphatic rings. The third-order valence-corrected chi connectivity index (χ3v) is 3.47. The molecule has 1 saturated carbocycles. The zero-order chi connectivity index (χ0) is 9.57. The van der Waals surface area contributed by atoms with Crippen molar-refractivity contribution in [2.45, 2.75) is 71.1 Å². The van der Waals surface area contributed by atoms with E-state index in [1.165, 1.54) is 64.2 Å². The van der Waals surface area contributed by atoms with Gasteiger partial charge in [-0.25, -0.2) is 0 Å². The fourth-order valence-electron chi connectivity index (χ4n) is 2.48. The molecule has 0 aromatic carbocycles. The highest BCUT2D eigenvalue weighted by atomic mass is 14.3. The van der Waals surface area contributed by atoms with Crippen molar-refractivity contribution in [1.82, 2.24) is 0 Å². The van der Waals surface area contributed by atoms with E-state index in [2.05, 4.69) is 13.8 Å². The molecule has 0 atom stereocenters. The van der Waals surface area contributed by atoms with E-state index in [4.69, 9.17) is 0 Å². The molecular weight excluding hydrogens is 156 g/mol. The van der Waals surface area contributed by atoms with Crippen LogP contribution in [0, 0.1) is 12.3 Å². The second kappa shape index (κ2) is 5.67. The van der Waals surface area contributed by atoms with Crippen LogP contribution in [0.1, 0.15) is 71.1 Å². The number of hydrogen-bond acceptors (Lipinski definition) is 0. The normalized spacial score (nSPS) is 21.7. The van der Waals surface area contributed by atoms with Gasteiger partial charge in [-0.3, -0.25) is 0 Å². The van der Waals surface area contributed by atoms with Crippen LogP contribution in [0.4, 0.5) is 0 Å². The molecule has 0 unspecified atom stereocenters. The van der Waals surface area contributed by atoms with Crippen LogP contribution in [0.25, 0.3) is 0 Å². The zero-order valence-electron chi connectivity index (χ0n) is 9.28. The topological polar surface area (TPSA) is 0 Å². The maximum absolute atomic E-state index is 4.43. The molecule has 0 aromatic heterocycles. The molecule has 0 saturated heterocycles. The van der Waals surface area contributed by atoms with E-state index in [0.29, 0.717) is 5.41 Å². The monoisotopic (exact) mass is 181 g/mol. The van der Waals surface area contributed by atoms with Crippen molar-refractivity contribution in [2.75, 3.05) is 0 Å². The summed E-state index contributed by atoms with van der Waals surface area (Å²) in [6.45, 7) is 6.71. The minimum atomic E-state index is 0.478. The van der Waals surface area contributed by atoms with E-state index in [-0.39, 0.29) is 0 Å². The second-order valence-corrected chi connectivity index (χ2v) is 4.87. The first kappa shape index (κ1) is 11.1. The lowest BCUT2D eigenvalue weighted by Crippen LogP contribution is -2.20. The average Bonchev–Trinajstić information content (AvgIpc) is 2.14. The van der Waals surface area contributed by atoms with Crippen LogP contribution in [-0.2, 0) is 0 Å². The van der Waals surface area contributed by atoms with Crippen molar-refractivity contribution in [3.8, 4) is 0 Å². The Bertz CT molecular complexity index is 120. The highest BCUT2D eigenvalue weighted by Crippen LogP contribution is 2.39. The molecule has 0 N–H and O–H groups in total. The van der Waals surface area contributed by atoms with E-state index >= 15 is 0 Å². The molecule has 1 fully saturated rings. The molecule has 0 amide bonds. The largest absolute Gasteiger partial charge is 0.0654 e. The molecule has 77 valence electrons. The van der Waals surface area contributed by atoms with E-state index in [9.17, 15) is 0 Å². The van der Waals surface area contributed by atoms with Crippen molar-refractivity contribution in [1.29, 1.82) is 0 Å². The lowest BCUT2D eigenvalue weighted by atomic mass is 9.72. The Balaban J connectivity index is 2.10. The summed E-state index contributed by atoms with van der Waals surface area (Å²) < 4.78 is 0. The quantitative estimate of drug-likeness (QED) is 0.537. The van der Waals surface area contributed by atoms with E-state index in [1.807, 2.05) is 0 Å². The molecule has 1 radical (unpaired) electrons. The van der Waals surface area contributed by atoms with E-state index < -0.39 is 0 Å². The van der Waals surface area contributed by atoms with Gasteiger partial charge in [0.25, 0.3) is 0 Å². The summed E-state index contributed by atoms with van der Waals surface area (Å²) in [6, 6.07) is 0. The van der Waals surface area contributed by atoms with Crippen molar-refractivity contribution in [3.63, 3.8) is 0 Å². The molecular formula is C13H25. The van der Waals surface area contributed by atoms with Crippen LogP contribution in [0.5, 0.6) is 0 Å². The van der Waals surface area contributed by atoms with Gasteiger partial charge in [0.15, 0.2) is 0 Å². The fraction of sp³-hybridized carbons (Fsp3) is 0.923. The highest BCUT2D eigenvalue weighted by molar-refractivity contribution is 4.84. The summed E-state index contributed by atoms with van der Waals surface area (Å²) in [5, 5.41) is 0. The Kier molecular flexibility index (Phi) is 4.83. The molecule has 0 aromatic rings. The maximum atomic E-state index is 4.43. The Labute approximate surface area is 84.1 Å². The van der Waals surface area contributed by atoms with Gasteiger partial charge in [0, 0.05) is 0 Å². The SMILES string of the molecule is [CH2]C1(CCCCCC)CCCCC1. The first-order chi connectivity index (χ1) is 6.27. The van der Waals surface area contributed by atoms with Crippen LogP contribution in [0.2, 0.25) is 0 Å². The first-order valence-electron chi connectivity index (χ1n) is 6.12. The summed E-state index contributed by atoms with van der Waals surface area (Å²) in [6.07, 6.45) is 14.1. The Hall–Kier alpha value is 0. The third kappa shape index (κ3) is 4.15. The second-order valence-electron chi connectivity index (χ2n) is 4.87. The lowest BCUT2D eigenvalue weighted by Gasteiger charge is -2.33. The lowest BCUT2D eigenvalue weighted by molar-refractivity contribution is 0.228. The zero-order valence-corrected chi connectivity index (χ0v) is 9.28. The Morgan fingerprint density at radius 1 is 1.00 bits per heavy atom. The summed E-state index contributed by atoms with van der Waals surface area (Å²) in [7, 11) is 0. The summed E-state index contributed by atoms with van der Waals surface area (Å²) in [5.41, 5.74) is 0.478. The molecule has 0 aliphatic heterocycles. The van der Waals surface area contributed by atoms with Gasteiger partial charge >= 0.3 is 0 Å². The standard InChI is InChI=1S/C13H25/c1-3-4-5-7-10-13(2)11-8-6-9-12-13/h2-12H2,1H3. The predicted octanol–water partition coefficient (Wildman–Crippen LogP) is 4.74. The van der Waals surface area contributed by atoms with Crippen LogP contribution >= 0.6 is 0 Å². The molecule has 0 heterocycles. The average molecular weight is 181 g/mol. The predicted molar refractivity (Wildman–Crippen MR) is 59.6 cm³/mol. The third-order valence-electron chi connectivity index (χ3n) is 3.47. The molecule has 0 spiro atoms. The maximum Gasteiger partial charge on any atom is -0.0297 e. The molecule has 1 rings (SSSR count). The van der Waals surface area contributed by atoms with Gasteiger partial charge in [-0.2, -0.15) is 0 Å². The van der Waals surface area contributed by atoms with E-state index in [0.717, 1.165) is 0 Å². The minimum Gasteiger partial charge on any atom is -0.0654 e. The van der Waals surface area contributed by atoms with Gasteiger partial charge in [-0.05, 0) is 31.6 Å². The Morgan fingerprint density at radius 2 is 1.69 bits per heavy atom. The minimum absolute atomic E-state index is 0.478. The summed E-state index contributed by atoms with van der Waals surface area (Å²) in [5.74, 6) is 0. The van der Waals surface area contributed by atoms with Crippen molar-refractivity contribution < 1.29 is 0 Å². The van der Waals surface area contributed by atoms with Gasteiger partial charge in [0.05, 0.1) is 0 Å². The first-order valence-corrected chi connectivity index (χ1v) is 6.12. The molecule has 1 aliphatic carbocycles. The van der Waals surface area contributed by atoms with Gasteiger partial charge in [-0.15, -0.1) is 0 Å². The van der Waals surface area contributed by atoms with Gasteiger partial charge in [-0.1, -0.05) is 51.9 Å². The Morgan fingerprint density at radius 3 is 2.31 bits per heavy atom. The van der Waals surface area contributed by atoms with Gasteiger partial charge < -0.3 is 0 Å². The molecule has 0 heteroatoms. The number of unbranched alkanes of at least 4 members (excludes halogenated alkanes) is 3. The highest BCUT2D eigenvalue weighted by Gasteiger charge is 2.25. The van der Waals surface area contributed by atoms with Crippen molar-refractivity contribution in [3.05, 3.63) is 6.92 Å². The van der Waals surface area contributed by atoms with E-state index in [1.54, 1.807) is 0 Å². The summed E-state index contributed by atoms with van der Waals surface area (Å²) >= 11 is 0. The van der Waals surface area contributed by atoms with Gasteiger partial charge in [0.1, 0.15) is 0 Å². The molecule has 0 nitrogen and oxygen atoms in total.